The Balaban J connectivity index is -0.000000735. The highest BCUT2D eigenvalue weighted by Gasteiger charge is 2.19. The van der Waals surface area contributed by atoms with E-state index in [9.17, 15) is 0 Å². The zero-order valence-corrected chi connectivity index (χ0v) is 22.8. The fourth-order valence-corrected chi connectivity index (χ4v) is 3.82. The molecular weight excluding hydrogens is 504 g/mol. The molecule has 0 aliphatic heterocycles. The number of hydrogen-bond acceptors (Lipinski definition) is 0. The molecule has 1 atom stereocenters. The molecule has 0 aromatic carbocycles. The van der Waals surface area contributed by atoms with Gasteiger partial charge in [0.15, 0.2) is 0 Å². The molecule has 25 heavy (non-hydrogen) atoms. The Bertz CT molecular complexity index is 201. The monoisotopic (exact) mass is 550 g/mol. The minimum Gasteiger partial charge on any atom is -0.114 e. The van der Waals surface area contributed by atoms with E-state index in [4.69, 9.17) is 0 Å². The van der Waals surface area contributed by atoms with E-state index in [0.717, 1.165) is 11.8 Å². The first-order valence-electron chi connectivity index (χ1n) is 10.8. The molecule has 3 heteroatoms. The molecule has 0 rings (SSSR count). The van der Waals surface area contributed by atoms with E-state index in [1.54, 1.807) is 0 Å². The van der Waals surface area contributed by atoms with Crippen LogP contribution in [0.2, 0.25) is 0 Å². The normalized spacial score (nSPS) is 11.4. The summed E-state index contributed by atoms with van der Waals surface area (Å²) < 4.78 is 0. The van der Waals surface area contributed by atoms with E-state index in [-0.39, 0.29) is 50.9 Å². The third-order valence-electron chi connectivity index (χ3n) is 5.38. The van der Waals surface area contributed by atoms with Gasteiger partial charge in [0.1, 0.15) is 0 Å². The zero-order chi connectivity index (χ0) is 16.5. The van der Waals surface area contributed by atoms with E-state index in [1.165, 1.54) is 103 Å². The van der Waals surface area contributed by atoms with Gasteiger partial charge < -0.3 is 0 Å². The molecule has 0 radical (unpaired) electrons. The van der Waals surface area contributed by atoms with Gasteiger partial charge in [-0.1, -0.05) is 130 Å². The lowest BCUT2D eigenvalue weighted by Gasteiger charge is -2.27. The smallest absolute Gasteiger partial charge is 0.0386 e. The Morgan fingerprint density at radius 1 is 0.360 bits per heavy atom. The fraction of sp³-hybridized carbons (Fsp3) is 1.00. The summed E-state index contributed by atoms with van der Waals surface area (Å²) in [6, 6.07) is 0. The number of halogens is 3. The van der Waals surface area contributed by atoms with Gasteiger partial charge in [0.05, 0.1) is 0 Å². The van der Waals surface area contributed by atoms with Gasteiger partial charge in [-0.3, -0.25) is 0 Å². The van der Waals surface area contributed by atoms with Crippen LogP contribution in [0.4, 0.5) is 0 Å². The predicted molar refractivity (Wildman–Crippen MR) is 135 cm³/mol. The van der Waals surface area contributed by atoms with Crippen molar-refractivity contribution in [2.24, 2.45) is 11.8 Å². The molecule has 0 saturated carbocycles. The number of rotatable bonds is 17. The molecule has 0 saturated heterocycles. The average molecular weight is 553 g/mol. The Morgan fingerprint density at radius 2 is 0.640 bits per heavy atom. The van der Waals surface area contributed by atoms with Crippen LogP contribution in [0.5, 0.6) is 0 Å². The molecule has 0 aliphatic rings. The summed E-state index contributed by atoms with van der Waals surface area (Å²) in [5.41, 5.74) is 0. The second kappa shape index (κ2) is 27.7. The van der Waals surface area contributed by atoms with Crippen LogP contribution in [0.3, 0.4) is 0 Å². The molecule has 0 spiro atoms. The van der Waals surface area contributed by atoms with E-state index in [1.807, 2.05) is 0 Å². The second-order valence-corrected chi connectivity index (χ2v) is 7.50. The maximum absolute atomic E-state index is 2.36. The molecule has 0 fully saturated rings. The van der Waals surface area contributed by atoms with Gasteiger partial charge in [-0.05, 0) is 11.8 Å². The van der Waals surface area contributed by atoms with Crippen LogP contribution in [-0.4, -0.2) is 0 Å². The van der Waals surface area contributed by atoms with E-state index >= 15 is 0 Å². The van der Waals surface area contributed by atoms with Crippen molar-refractivity contribution in [2.45, 2.75) is 130 Å². The van der Waals surface area contributed by atoms with Crippen molar-refractivity contribution >= 4 is 50.9 Å². The van der Waals surface area contributed by atoms with Crippen molar-refractivity contribution in [1.82, 2.24) is 0 Å². The van der Waals surface area contributed by atoms with Crippen molar-refractivity contribution in [3.05, 3.63) is 0 Å². The van der Waals surface area contributed by atoms with Crippen molar-refractivity contribution < 1.29 is 0 Å². The Hall–Kier alpha value is 1.44. The van der Waals surface area contributed by atoms with E-state index in [2.05, 4.69) is 27.7 Å². The first-order valence-corrected chi connectivity index (χ1v) is 10.8. The average Bonchev–Trinajstić information content (AvgIpc) is 2.54. The van der Waals surface area contributed by atoms with Gasteiger partial charge in [-0.2, -0.15) is 0 Å². The van der Waals surface area contributed by atoms with Crippen LogP contribution in [-0.2, 0) is 0 Å². The fourth-order valence-electron chi connectivity index (χ4n) is 3.82. The van der Waals surface area contributed by atoms with Gasteiger partial charge in [0, 0.05) is 0 Å². The molecular formula is C22H49Br3. The molecule has 0 aromatic heterocycles. The molecule has 1 unspecified atom stereocenters. The van der Waals surface area contributed by atoms with Gasteiger partial charge in [0.2, 0.25) is 0 Å². The van der Waals surface area contributed by atoms with Crippen LogP contribution in [0.25, 0.3) is 0 Å². The lowest BCUT2D eigenvalue weighted by molar-refractivity contribution is 0.241. The lowest BCUT2D eigenvalue weighted by atomic mass is 9.78. The van der Waals surface area contributed by atoms with Crippen LogP contribution >= 0.6 is 50.9 Å². The summed E-state index contributed by atoms with van der Waals surface area (Å²) >= 11 is 0. The van der Waals surface area contributed by atoms with Crippen molar-refractivity contribution in [3.63, 3.8) is 0 Å². The SMILES string of the molecule is Br.Br.Br.CCCCCCCCC(CCCC)C(CCCC)CCCC. The van der Waals surface area contributed by atoms with E-state index in [0.29, 0.717) is 0 Å². The van der Waals surface area contributed by atoms with Crippen molar-refractivity contribution in [2.75, 3.05) is 0 Å². The highest BCUT2D eigenvalue weighted by atomic mass is 79.9. The van der Waals surface area contributed by atoms with Crippen molar-refractivity contribution in [1.29, 1.82) is 0 Å². The third-order valence-corrected chi connectivity index (χ3v) is 5.38. The largest absolute Gasteiger partial charge is 0.114 e. The Labute approximate surface area is 192 Å². The highest BCUT2D eigenvalue weighted by Crippen LogP contribution is 2.32. The summed E-state index contributed by atoms with van der Waals surface area (Å²) in [5.74, 6) is 2.06. The minimum absolute atomic E-state index is 0. The highest BCUT2D eigenvalue weighted by molar-refractivity contribution is 8.93. The summed E-state index contributed by atoms with van der Waals surface area (Å²) in [6.45, 7) is 9.37. The molecule has 158 valence electrons. The first kappa shape index (κ1) is 34.0. The van der Waals surface area contributed by atoms with Gasteiger partial charge in [-0.15, -0.1) is 50.9 Å². The number of hydrogen-bond donors (Lipinski definition) is 0. The Morgan fingerprint density at radius 3 is 1.00 bits per heavy atom. The molecule has 0 heterocycles. The summed E-state index contributed by atoms with van der Waals surface area (Å²) in [7, 11) is 0. The maximum atomic E-state index is 2.36. The first-order chi connectivity index (χ1) is 10.8. The summed E-state index contributed by atoms with van der Waals surface area (Å²) in [6.07, 6.45) is 23.2. The topological polar surface area (TPSA) is 0 Å². The van der Waals surface area contributed by atoms with Crippen LogP contribution in [0.1, 0.15) is 130 Å². The quantitative estimate of drug-likeness (QED) is 0.157. The van der Waals surface area contributed by atoms with Gasteiger partial charge >= 0.3 is 0 Å². The molecule has 0 aromatic rings. The van der Waals surface area contributed by atoms with Crippen molar-refractivity contribution in [3.8, 4) is 0 Å². The third kappa shape index (κ3) is 21.6. The summed E-state index contributed by atoms with van der Waals surface area (Å²) in [5, 5.41) is 0. The lowest BCUT2D eigenvalue weighted by Crippen LogP contribution is -2.15. The zero-order valence-electron chi connectivity index (χ0n) is 17.7. The Kier molecular flexibility index (Phi) is 37.6. The predicted octanol–water partition coefficient (Wildman–Crippen LogP) is 10.3. The van der Waals surface area contributed by atoms with Gasteiger partial charge in [0.25, 0.3) is 0 Å². The second-order valence-electron chi connectivity index (χ2n) is 7.50. The molecule has 0 N–H and O–H groups in total. The van der Waals surface area contributed by atoms with Crippen LogP contribution < -0.4 is 0 Å². The van der Waals surface area contributed by atoms with Gasteiger partial charge in [-0.25, -0.2) is 0 Å². The summed E-state index contributed by atoms with van der Waals surface area (Å²) in [4.78, 5) is 0. The van der Waals surface area contributed by atoms with E-state index < -0.39 is 0 Å². The standard InChI is InChI=1S/C22H46.3BrH/c1-5-9-13-14-15-16-20-22(19-12-8-4)21(17-10-6-2)18-11-7-3;;;/h21-22H,5-20H2,1-4H3;3*1H. The molecule has 0 aliphatic carbocycles. The molecule has 0 bridgehead atoms. The minimum atomic E-state index is 0. The van der Waals surface area contributed by atoms with Crippen LogP contribution in [0.15, 0.2) is 0 Å². The molecule has 0 amide bonds. The maximum Gasteiger partial charge on any atom is -0.0386 e. The molecule has 0 nitrogen and oxygen atoms in total. The number of unbranched alkanes of at least 4 members (excludes halogenated alkanes) is 8. The van der Waals surface area contributed by atoms with Crippen LogP contribution in [0, 0.1) is 11.8 Å².